The second-order valence-corrected chi connectivity index (χ2v) is 5.30. The van der Waals surface area contributed by atoms with Crippen LogP contribution in [0, 0.1) is 3.57 Å². The topological polar surface area (TPSA) is 3.24 Å². The standard InChI is InChI=1S/C11H13ClIN/c12-10-5-4-9(13)8-11(10)14-6-2-1-3-7-14/h4-5,8H,1-3,6-7H2. The summed E-state index contributed by atoms with van der Waals surface area (Å²) in [4.78, 5) is 2.40. The first-order valence-electron chi connectivity index (χ1n) is 4.97. The molecule has 1 aliphatic heterocycles. The van der Waals surface area contributed by atoms with E-state index < -0.39 is 0 Å². The van der Waals surface area contributed by atoms with Gasteiger partial charge < -0.3 is 4.90 Å². The molecule has 2 rings (SSSR count). The Morgan fingerprint density at radius 3 is 2.57 bits per heavy atom. The average Bonchev–Trinajstić information content (AvgIpc) is 2.23. The zero-order valence-electron chi connectivity index (χ0n) is 7.97. The Bertz CT molecular complexity index is 321. The van der Waals surface area contributed by atoms with E-state index >= 15 is 0 Å². The molecule has 1 nitrogen and oxygen atoms in total. The van der Waals surface area contributed by atoms with Crippen LogP contribution in [0.4, 0.5) is 5.69 Å². The smallest absolute Gasteiger partial charge is 0.0640 e. The Hall–Kier alpha value is 0.0400. The molecule has 14 heavy (non-hydrogen) atoms. The molecule has 0 radical (unpaired) electrons. The summed E-state index contributed by atoms with van der Waals surface area (Å²) in [5.74, 6) is 0. The lowest BCUT2D eigenvalue weighted by Gasteiger charge is -2.29. The summed E-state index contributed by atoms with van der Waals surface area (Å²) in [6, 6.07) is 6.22. The third-order valence-electron chi connectivity index (χ3n) is 2.60. The van der Waals surface area contributed by atoms with E-state index in [1.165, 1.54) is 28.5 Å². The fourth-order valence-electron chi connectivity index (χ4n) is 1.86. The SMILES string of the molecule is Clc1ccc(I)cc1N1CCCCC1. The van der Waals surface area contributed by atoms with Crippen molar-refractivity contribution in [2.75, 3.05) is 18.0 Å². The summed E-state index contributed by atoms with van der Waals surface area (Å²) in [5, 5.41) is 0.882. The molecular formula is C11H13ClIN. The summed E-state index contributed by atoms with van der Waals surface area (Å²) >= 11 is 8.52. The number of hydrogen-bond acceptors (Lipinski definition) is 1. The van der Waals surface area contributed by atoms with Crippen molar-refractivity contribution in [2.24, 2.45) is 0 Å². The van der Waals surface area contributed by atoms with Gasteiger partial charge in [-0.25, -0.2) is 0 Å². The largest absolute Gasteiger partial charge is 0.370 e. The molecule has 1 aliphatic rings. The summed E-state index contributed by atoms with van der Waals surface area (Å²) in [5.41, 5.74) is 1.21. The van der Waals surface area contributed by atoms with Gasteiger partial charge in [0.15, 0.2) is 0 Å². The molecule has 1 saturated heterocycles. The zero-order valence-corrected chi connectivity index (χ0v) is 10.9. The van der Waals surface area contributed by atoms with Crippen LogP contribution in [-0.4, -0.2) is 13.1 Å². The first kappa shape index (κ1) is 10.6. The van der Waals surface area contributed by atoms with Crippen molar-refractivity contribution in [3.8, 4) is 0 Å². The first-order valence-corrected chi connectivity index (χ1v) is 6.43. The molecule has 0 aromatic heterocycles. The second kappa shape index (κ2) is 4.71. The van der Waals surface area contributed by atoms with Gasteiger partial charge in [0.05, 0.1) is 10.7 Å². The van der Waals surface area contributed by atoms with Gasteiger partial charge in [-0.3, -0.25) is 0 Å². The summed E-state index contributed by atoms with van der Waals surface area (Å²) in [7, 11) is 0. The van der Waals surface area contributed by atoms with Gasteiger partial charge in [0, 0.05) is 16.7 Å². The molecule has 0 amide bonds. The second-order valence-electron chi connectivity index (χ2n) is 3.64. The summed E-state index contributed by atoms with van der Waals surface area (Å²) in [6.45, 7) is 2.31. The van der Waals surface area contributed by atoms with E-state index in [9.17, 15) is 0 Å². The van der Waals surface area contributed by atoms with Gasteiger partial charge >= 0.3 is 0 Å². The van der Waals surface area contributed by atoms with Gasteiger partial charge in [-0.15, -0.1) is 0 Å². The Kier molecular flexibility index (Phi) is 3.55. The van der Waals surface area contributed by atoms with Crippen molar-refractivity contribution in [3.63, 3.8) is 0 Å². The molecule has 1 aromatic rings. The number of hydrogen-bond donors (Lipinski definition) is 0. The highest BCUT2D eigenvalue weighted by molar-refractivity contribution is 14.1. The Morgan fingerprint density at radius 2 is 1.86 bits per heavy atom. The first-order chi connectivity index (χ1) is 6.77. The quantitative estimate of drug-likeness (QED) is 0.708. The summed E-state index contributed by atoms with van der Waals surface area (Å²) in [6.07, 6.45) is 3.95. The zero-order chi connectivity index (χ0) is 9.97. The molecule has 1 aromatic carbocycles. The summed E-state index contributed by atoms with van der Waals surface area (Å²) < 4.78 is 1.26. The van der Waals surface area contributed by atoms with Crippen molar-refractivity contribution in [3.05, 3.63) is 26.8 Å². The van der Waals surface area contributed by atoms with Crippen LogP contribution in [0.3, 0.4) is 0 Å². The number of rotatable bonds is 1. The van der Waals surface area contributed by atoms with E-state index in [0.29, 0.717) is 0 Å². The van der Waals surface area contributed by atoms with Crippen LogP contribution in [0.5, 0.6) is 0 Å². The van der Waals surface area contributed by atoms with Crippen LogP contribution >= 0.6 is 34.2 Å². The molecule has 3 heteroatoms. The van der Waals surface area contributed by atoms with Gasteiger partial charge in [0.25, 0.3) is 0 Å². The molecule has 1 heterocycles. The van der Waals surface area contributed by atoms with E-state index in [0.717, 1.165) is 18.1 Å². The normalized spacial score (nSPS) is 17.1. The minimum Gasteiger partial charge on any atom is -0.370 e. The highest BCUT2D eigenvalue weighted by atomic mass is 127. The van der Waals surface area contributed by atoms with Gasteiger partial charge in [0.1, 0.15) is 0 Å². The van der Waals surface area contributed by atoms with Crippen molar-refractivity contribution < 1.29 is 0 Å². The van der Waals surface area contributed by atoms with Crippen LogP contribution in [0.15, 0.2) is 18.2 Å². The van der Waals surface area contributed by atoms with Crippen molar-refractivity contribution in [2.45, 2.75) is 19.3 Å². The molecule has 0 saturated carbocycles. The molecule has 0 unspecified atom stereocenters. The molecule has 0 N–H and O–H groups in total. The third kappa shape index (κ3) is 2.34. The third-order valence-corrected chi connectivity index (χ3v) is 3.60. The predicted octanol–water partition coefficient (Wildman–Crippen LogP) is 3.93. The van der Waals surface area contributed by atoms with Crippen LogP contribution in [-0.2, 0) is 0 Å². The van der Waals surface area contributed by atoms with Crippen LogP contribution in [0.2, 0.25) is 5.02 Å². The van der Waals surface area contributed by atoms with Gasteiger partial charge in [-0.05, 0) is 60.1 Å². The molecule has 0 atom stereocenters. The Labute approximate surface area is 104 Å². The van der Waals surface area contributed by atoms with Gasteiger partial charge in [-0.1, -0.05) is 11.6 Å². The van der Waals surface area contributed by atoms with Crippen LogP contribution < -0.4 is 4.90 Å². The number of nitrogens with zero attached hydrogens (tertiary/aromatic N) is 1. The lowest BCUT2D eigenvalue weighted by molar-refractivity contribution is 0.578. The maximum absolute atomic E-state index is 6.18. The molecule has 0 spiro atoms. The van der Waals surface area contributed by atoms with E-state index in [2.05, 4.69) is 39.6 Å². The fourth-order valence-corrected chi connectivity index (χ4v) is 2.57. The van der Waals surface area contributed by atoms with Gasteiger partial charge in [0.2, 0.25) is 0 Å². The highest BCUT2D eigenvalue weighted by Gasteiger charge is 2.13. The van der Waals surface area contributed by atoms with E-state index in [-0.39, 0.29) is 0 Å². The Balaban J connectivity index is 2.24. The van der Waals surface area contributed by atoms with Crippen molar-refractivity contribution in [1.82, 2.24) is 0 Å². The molecule has 76 valence electrons. The molecule has 0 aliphatic carbocycles. The van der Waals surface area contributed by atoms with Crippen LogP contribution in [0.1, 0.15) is 19.3 Å². The lowest BCUT2D eigenvalue weighted by atomic mass is 10.1. The molecule has 0 bridgehead atoms. The molecule has 1 fully saturated rings. The maximum atomic E-state index is 6.18. The predicted molar refractivity (Wildman–Crippen MR) is 70.2 cm³/mol. The number of anilines is 1. The van der Waals surface area contributed by atoms with Gasteiger partial charge in [-0.2, -0.15) is 0 Å². The number of piperidine rings is 1. The minimum atomic E-state index is 0.882. The van der Waals surface area contributed by atoms with Crippen LogP contribution in [0.25, 0.3) is 0 Å². The maximum Gasteiger partial charge on any atom is 0.0640 e. The van der Waals surface area contributed by atoms with Crippen molar-refractivity contribution >= 4 is 39.9 Å². The highest BCUT2D eigenvalue weighted by Crippen LogP contribution is 2.29. The van der Waals surface area contributed by atoms with E-state index in [4.69, 9.17) is 11.6 Å². The monoisotopic (exact) mass is 321 g/mol. The minimum absolute atomic E-state index is 0.882. The fraction of sp³-hybridized carbons (Fsp3) is 0.455. The average molecular weight is 322 g/mol. The number of benzene rings is 1. The lowest BCUT2D eigenvalue weighted by Crippen LogP contribution is -2.29. The Morgan fingerprint density at radius 1 is 1.14 bits per heavy atom. The van der Waals surface area contributed by atoms with Crippen molar-refractivity contribution in [1.29, 1.82) is 0 Å². The number of halogens is 2. The van der Waals surface area contributed by atoms with E-state index in [1.807, 2.05) is 6.07 Å². The molecular weight excluding hydrogens is 308 g/mol. The van der Waals surface area contributed by atoms with E-state index in [1.54, 1.807) is 0 Å².